The fraction of sp³-hybridized carbons (Fsp3) is 0.118. The minimum atomic E-state index is -0.500. The molecule has 8 heteroatoms. The first-order valence-corrected chi connectivity index (χ1v) is 9.53. The van der Waals surface area contributed by atoms with Gasteiger partial charge in [-0.05, 0) is 24.3 Å². The molecule has 3 aromatic rings. The number of benzene rings is 2. The van der Waals surface area contributed by atoms with Crippen molar-refractivity contribution < 1.29 is 9.18 Å². The molecule has 0 saturated carbocycles. The molecule has 25 heavy (non-hydrogen) atoms. The second kappa shape index (κ2) is 8.42. The number of nitrogens with one attached hydrogen (secondary N) is 1. The van der Waals surface area contributed by atoms with Gasteiger partial charge in [-0.3, -0.25) is 4.79 Å². The van der Waals surface area contributed by atoms with E-state index < -0.39 is 5.82 Å². The van der Waals surface area contributed by atoms with Crippen molar-refractivity contribution in [1.82, 2.24) is 10.2 Å². The zero-order chi connectivity index (χ0) is 17.6. The van der Waals surface area contributed by atoms with Crippen molar-refractivity contribution in [3.8, 4) is 0 Å². The van der Waals surface area contributed by atoms with Gasteiger partial charge in [0.1, 0.15) is 10.8 Å². The topological polar surface area (TPSA) is 54.9 Å². The molecule has 0 atom stereocenters. The summed E-state index contributed by atoms with van der Waals surface area (Å²) in [5.74, 6) is -0.221. The summed E-state index contributed by atoms with van der Waals surface area (Å²) >= 11 is 8.87. The van der Waals surface area contributed by atoms with E-state index in [9.17, 15) is 9.18 Å². The number of amides is 1. The standard InChI is InChI=1S/C17H13ClFN3OS2/c18-13-7-4-8-14(19)12(13)9-15(23)20-17-22-21-16(25-17)10-24-11-5-2-1-3-6-11/h1-8H,9-10H2,(H,20,22,23). The molecule has 3 rings (SSSR count). The molecule has 4 nitrogen and oxygen atoms in total. The van der Waals surface area contributed by atoms with Crippen molar-refractivity contribution in [3.05, 3.63) is 69.9 Å². The Hall–Kier alpha value is -1.96. The average Bonchev–Trinajstić information content (AvgIpc) is 3.05. The molecule has 0 unspecified atom stereocenters. The molecule has 1 heterocycles. The second-order valence-corrected chi connectivity index (χ2v) is 7.55. The van der Waals surface area contributed by atoms with Gasteiger partial charge in [-0.2, -0.15) is 0 Å². The van der Waals surface area contributed by atoms with Gasteiger partial charge < -0.3 is 5.32 Å². The molecule has 2 aromatic carbocycles. The van der Waals surface area contributed by atoms with Crippen LogP contribution in [0.25, 0.3) is 0 Å². The van der Waals surface area contributed by atoms with Crippen molar-refractivity contribution in [3.63, 3.8) is 0 Å². The number of carbonyl (C=O) groups is 1. The van der Waals surface area contributed by atoms with Crippen molar-refractivity contribution in [1.29, 1.82) is 0 Å². The number of thioether (sulfide) groups is 1. The fourth-order valence-electron chi connectivity index (χ4n) is 2.05. The Kier molecular flexibility index (Phi) is 6.01. The van der Waals surface area contributed by atoms with Crippen LogP contribution >= 0.6 is 34.7 Å². The minimum absolute atomic E-state index is 0.154. The molecule has 1 aromatic heterocycles. The van der Waals surface area contributed by atoms with Crippen molar-refractivity contribution in [2.75, 3.05) is 5.32 Å². The highest BCUT2D eigenvalue weighted by Crippen LogP contribution is 2.26. The number of carbonyl (C=O) groups excluding carboxylic acids is 1. The van der Waals surface area contributed by atoms with Crippen molar-refractivity contribution in [2.45, 2.75) is 17.1 Å². The normalized spacial score (nSPS) is 10.6. The first kappa shape index (κ1) is 17.8. The SMILES string of the molecule is O=C(Cc1c(F)cccc1Cl)Nc1nnc(CSc2ccccc2)s1. The maximum absolute atomic E-state index is 13.7. The van der Waals surface area contributed by atoms with Crippen molar-refractivity contribution >= 4 is 45.7 Å². The summed E-state index contributed by atoms with van der Waals surface area (Å²) in [6.07, 6.45) is -0.154. The van der Waals surface area contributed by atoms with Gasteiger partial charge in [0.15, 0.2) is 0 Å². The highest BCUT2D eigenvalue weighted by molar-refractivity contribution is 7.98. The Balaban J connectivity index is 1.56. The smallest absolute Gasteiger partial charge is 0.230 e. The lowest BCUT2D eigenvalue weighted by atomic mass is 10.1. The molecule has 0 saturated heterocycles. The number of hydrogen-bond donors (Lipinski definition) is 1. The third-order valence-electron chi connectivity index (χ3n) is 3.22. The summed E-state index contributed by atoms with van der Waals surface area (Å²) < 4.78 is 13.7. The van der Waals surface area contributed by atoms with Gasteiger partial charge in [0.2, 0.25) is 11.0 Å². The van der Waals surface area contributed by atoms with Crippen LogP contribution in [0.3, 0.4) is 0 Å². The van der Waals surface area contributed by atoms with E-state index in [1.165, 1.54) is 23.5 Å². The predicted octanol–water partition coefficient (Wildman–Crippen LogP) is 4.80. The first-order valence-electron chi connectivity index (χ1n) is 7.35. The lowest BCUT2D eigenvalue weighted by Crippen LogP contribution is -2.15. The Bertz CT molecular complexity index is 853. The van der Waals surface area contributed by atoms with E-state index in [0.717, 1.165) is 9.90 Å². The number of anilines is 1. The third-order valence-corrected chi connectivity index (χ3v) is 5.62. The van der Waals surface area contributed by atoms with Crippen LogP contribution in [0.5, 0.6) is 0 Å². The van der Waals surface area contributed by atoms with Crippen LogP contribution < -0.4 is 5.32 Å². The zero-order valence-electron chi connectivity index (χ0n) is 12.9. The molecule has 0 aliphatic carbocycles. The van der Waals surface area contributed by atoms with Gasteiger partial charge in [-0.25, -0.2) is 4.39 Å². The van der Waals surface area contributed by atoms with E-state index >= 15 is 0 Å². The summed E-state index contributed by atoms with van der Waals surface area (Å²) in [5.41, 5.74) is 0.172. The first-order chi connectivity index (χ1) is 12.1. The number of halogens is 2. The Labute approximate surface area is 157 Å². The molecule has 128 valence electrons. The lowest BCUT2D eigenvalue weighted by molar-refractivity contribution is -0.115. The molecular weight excluding hydrogens is 381 g/mol. The molecule has 0 aliphatic heterocycles. The van der Waals surface area contributed by atoms with E-state index in [-0.39, 0.29) is 22.9 Å². The molecule has 0 fully saturated rings. The van der Waals surface area contributed by atoms with E-state index in [0.29, 0.717) is 10.9 Å². The largest absolute Gasteiger partial charge is 0.300 e. The number of hydrogen-bond acceptors (Lipinski definition) is 5. The van der Waals surface area contributed by atoms with Crippen LogP contribution in [0.15, 0.2) is 53.4 Å². The van der Waals surface area contributed by atoms with Gasteiger partial charge in [0, 0.05) is 15.5 Å². The highest BCUT2D eigenvalue weighted by Gasteiger charge is 2.14. The number of nitrogens with zero attached hydrogens (tertiary/aromatic N) is 2. The molecule has 0 spiro atoms. The molecule has 0 bridgehead atoms. The van der Waals surface area contributed by atoms with Gasteiger partial charge in [0.25, 0.3) is 0 Å². The van der Waals surface area contributed by atoms with Crippen LogP contribution in [0.4, 0.5) is 9.52 Å². The molecule has 1 amide bonds. The highest BCUT2D eigenvalue weighted by atomic mass is 35.5. The summed E-state index contributed by atoms with van der Waals surface area (Å²) in [5, 5.41) is 12.1. The van der Waals surface area contributed by atoms with Crippen LogP contribution in [0, 0.1) is 5.82 Å². The quantitative estimate of drug-likeness (QED) is 0.611. The molecule has 1 N–H and O–H groups in total. The van der Waals surface area contributed by atoms with Gasteiger partial charge in [-0.1, -0.05) is 47.2 Å². The monoisotopic (exact) mass is 393 g/mol. The van der Waals surface area contributed by atoms with Crippen LogP contribution in [0.2, 0.25) is 5.02 Å². The Morgan fingerprint density at radius 1 is 1.16 bits per heavy atom. The van der Waals surface area contributed by atoms with Crippen LogP contribution in [-0.4, -0.2) is 16.1 Å². The maximum Gasteiger partial charge on any atom is 0.230 e. The Morgan fingerprint density at radius 2 is 1.96 bits per heavy atom. The predicted molar refractivity (Wildman–Crippen MR) is 99.7 cm³/mol. The maximum atomic E-state index is 13.7. The van der Waals surface area contributed by atoms with Gasteiger partial charge in [-0.15, -0.1) is 22.0 Å². The van der Waals surface area contributed by atoms with E-state index in [1.54, 1.807) is 17.8 Å². The summed E-state index contributed by atoms with van der Waals surface area (Å²) in [7, 11) is 0. The van der Waals surface area contributed by atoms with Crippen molar-refractivity contribution in [2.24, 2.45) is 0 Å². The second-order valence-electron chi connectivity index (χ2n) is 5.03. The summed E-state index contributed by atoms with van der Waals surface area (Å²) in [6, 6.07) is 14.3. The molecular formula is C17H13ClFN3OS2. The lowest BCUT2D eigenvalue weighted by Gasteiger charge is -2.05. The number of aromatic nitrogens is 2. The van der Waals surface area contributed by atoms with E-state index in [2.05, 4.69) is 15.5 Å². The number of rotatable bonds is 6. The summed E-state index contributed by atoms with van der Waals surface area (Å²) in [4.78, 5) is 13.2. The fourth-order valence-corrected chi connectivity index (χ4v) is 3.94. The zero-order valence-corrected chi connectivity index (χ0v) is 15.3. The molecule has 0 radical (unpaired) electrons. The Morgan fingerprint density at radius 3 is 2.72 bits per heavy atom. The van der Waals surface area contributed by atoms with Gasteiger partial charge in [0.05, 0.1) is 12.2 Å². The van der Waals surface area contributed by atoms with E-state index in [4.69, 9.17) is 11.6 Å². The van der Waals surface area contributed by atoms with Crippen LogP contribution in [-0.2, 0) is 17.0 Å². The van der Waals surface area contributed by atoms with Gasteiger partial charge >= 0.3 is 0 Å². The van der Waals surface area contributed by atoms with Crippen LogP contribution in [0.1, 0.15) is 10.6 Å². The van der Waals surface area contributed by atoms with E-state index in [1.807, 2.05) is 30.3 Å². The summed E-state index contributed by atoms with van der Waals surface area (Å²) in [6.45, 7) is 0. The minimum Gasteiger partial charge on any atom is -0.300 e. The third kappa shape index (κ3) is 5.01. The average molecular weight is 394 g/mol. The molecule has 0 aliphatic rings.